The van der Waals surface area contributed by atoms with E-state index in [0.717, 1.165) is 5.56 Å². The second kappa shape index (κ2) is 3.26. The van der Waals surface area contributed by atoms with E-state index in [1.54, 1.807) is 25.3 Å². The van der Waals surface area contributed by atoms with Crippen LogP contribution < -0.4 is 5.14 Å². The summed E-state index contributed by atoms with van der Waals surface area (Å²) in [7, 11) is -1.44. The van der Waals surface area contributed by atoms with Crippen LogP contribution in [0.15, 0.2) is 15.7 Å². The van der Waals surface area contributed by atoms with E-state index < -0.39 is 16.6 Å². The highest BCUT2D eigenvalue weighted by atomic mass is 32.2. The summed E-state index contributed by atoms with van der Waals surface area (Å²) in [5.41, 5.74) is -0.130. The lowest BCUT2D eigenvalue weighted by molar-refractivity contribution is 0.0789. The fourth-order valence-electron chi connectivity index (χ4n) is 0.743. The molecular formula is C7H11NO2S2. The molecule has 3 N–H and O–H groups in total. The Labute approximate surface area is 77.8 Å². The van der Waals surface area contributed by atoms with Crippen molar-refractivity contribution in [3.8, 4) is 0 Å². The monoisotopic (exact) mass is 205 g/mol. The first kappa shape index (κ1) is 9.85. The largest absolute Gasteiger partial charge is 0.386 e. The van der Waals surface area contributed by atoms with Gasteiger partial charge in [0.05, 0.1) is 5.60 Å². The SMILES string of the molecule is CC(C)(O)c1csc(S(N)=O)c1. The molecule has 1 rings (SSSR count). The molecule has 68 valence electrons. The van der Waals surface area contributed by atoms with Crippen molar-refractivity contribution >= 4 is 22.3 Å². The quantitative estimate of drug-likeness (QED) is 0.755. The maximum Gasteiger partial charge on any atom is 0.132 e. The predicted octanol–water partition coefficient (Wildman–Crippen LogP) is 0.957. The fraction of sp³-hybridized carbons (Fsp3) is 0.429. The number of rotatable bonds is 2. The summed E-state index contributed by atoms with van der Waals surface area (Å²) in [6.07, 6.45) is 0. The molecule has 0 aliphatic heterocycles. The molecule has 0 spiro atoms. The van der Waals surface area contributed by atoms with Gasteiger partial charge in [-0.15, -0.1) is 11.3 Å². The van der Waals surface area contributed by atoms with Gasteiger partial charge in [0.2, 0.25) is 0 Å². The summed E-state index contributed by atoms with van der Waals surface area (Å²) in [5.74, 6) is 0. The number of thiophene rings is 1. The molecule has 5 heteroatoms. The molecular weight excluding hydrogens is 194 g/mol. The molecule has 0 fully saturated rings. The molecule has 0 aliphatic carbocycles. The van der Waals surface area contributed by atoms with E-state index in [9.17, 15) is 9.32 Å². The van der Waals surface area contributed by atoms with Gasteiger partial charge in [-0.1, -0.05) is 0 Å². The number of hydrogen-bond donors (Lipinski definition) is 2. The summed E-state index contributed by atoms with van der Waals surface area (Å²) in [6, 6.07) is 1.67. The van der Waals surface area contributed by atoms with Crippen molar-refractivity contribution in [3.05, 3.63) is 17.0 Å². The maximum absolute atomic E-state index is 10.8. The first-order valence-corrected chi connectivity index (χ1v) is 5.48. The van der Waals surface area contributed by atoms with E-state index in [1.807, 2.05) is 0 Å². The van der Waals surface area contributed by atoms with Crippen LogP contribution in [0.25, 0.3) is 0 Å². The van der Waals surface area contributed by atoms with Crippen molar-refractivity contribution in [2.45, 2.75) is 23.7 Å². The van der Waals surface area contributed by atoms with Gasteiger partial charge in [0, 0.05) is 0 Å². The second-order valence-corrected chi connectivity index (χ2v) is 5.22. The average molecular weight is 205 g/mol. The Hall–Kier alpha value is -0.230. The van der Waals surface area contributed by atoms with Gasteiger partial charge in [-0.05, 0) is 30.9 Å². The molecule has 0 aromatic carbocycles. The Morgan fingerprint density at radius 1 is 1.67 bits per heavy atom. The number of nitrogens with two attached hydrogens (primary N) is 1. The molecule has 0 saturated heterocycles. The Balaban J connectivity index is 3.00. The van der Waals surface area contributed by atoms with Gasteiger partial charge in [0.15, 0.2) is 0 Å². The summed E-state index contributed by atoms with van der Waals surface area (Å²) < 4.78 is 11.4. The average Bonchev–Trinajstić information content (AvgIpc) is 2.30. The summed E-state index contributed by atoms with van der Waals surface area (Å²) in [4.78, 5) is 0. The topological polar surface area (TPSA) is 63.3 Å². The van der Waals surface area contributed by atoms with Gasteiger partial charge >= 0.3 is 0 Å². The Morgan fingerprint density at radius 3 is 2.50 bits per heavy atom. The normalized spacial score (nSPS) is 14.7. The van der Waals surface area contributed by atoms with Crippen LogP contribution >= 0.6 is 11.3 Å². The zero-order chi connectivity index (χ0) is 9.35. The summed E-state index contributed by atoms with van der Waals surface area (Å²) >= 11 is 1.30. The standard InChI is InChI=1S/C7H11NO2S2/c1-7(2,9)5-3-6(11-4-5)12(8)10/h3-4,9H,8H2,1-2H3. The van der Waals surface area contributed by atoms with E-state index in [2.05, 4.69) is 0 Å². The maximum atomic E-state index is 10.8. The van der Waals surface area contributed by atoms with Crippen molar-refractivity contribution < 1.29 is 9.32 Å². The third-order valence-corrected chi connectivity index (χ3v) is 3.50. The van der Waals surface area contributed by atoms with Crippen molar-refractivity contribution in [1.82, 2.24) is 0 Å². The van der Waals surface area contributed by atoms with Gasteiger partial charge in [-0.2, -0.15) is 0 Å². The van der Waals surface area contributed by atoms with Crippen molar-refractivity contribution in [1.29, 1.82) is 0 Å². The van der Waals surface area contributed by atoms with Crippen molar-refractivity contribution in [3.63, 3.8) is 0 Å². The molecule has 0 radical (unpaired) electrons. The molecule has 1 unspecified atom stereocenters. The van der Waals surface area contributed by atoms with Crippen LogP contribution in [0, 0.1) is 0 Å². The summed E-state index contributed by atoms with van der Waals surface area (Å²) in [6.45, 7) is 3.36. The number of hydrogen-bond acceptors (Lipinski definition) is 3. The highest BCUT2D eigenvalue weighted by molar-refractivity contribution is 7.85. The van der Waals surface area contributed by atoms with Crippen LogP contribution in [0.1, 0.15) is 19.4 Å². The fourth-order valence-corrected chi connectivity index (χ4v) is 2.30. The van der Waals surface area contributed by atoms with E-state index in [1.165, 1.54) is 11.3 Å². The lowest BCUT2D eigenvalue weighted by Gasteiger charge is -2.14. The minimum atomic E-state index is -1.44. The molecule has 3 nitrogen and oxygen atoms in total. The van der Waals surface area contributed by atoms with Crippen LogP contribution in [-0.4, -0.2) is 9.32 Å². The zero-order valence-electron chi connectivity index (χ0n) is 6.90. The van der Waals surface area contributed by atoms with Gasteiger partial charge in [-0.3, -0.25) is 0 Å². The molecule has 1 aromatic heterocycles. The van der Waals surface area contributed by atoms with Gasteiger partial charge in [-0.25, -0.2) is 9.35 Å². The number of aliphatic hydroxyl groups is 1. The lowest BCUT2D eigenvalue weighted by atomic mass is 10.0. The molecule has 1 heterocycles. The lowest BCUT2D eigenvalue weighted by Crippen LogP contribution is -2.14. The molecule has 0 bridgehead atoms. The van der Waals surface area contributed by atoms with Crippen LogP contribution in [0.3, 0.4) is 0 Å². The molecule has 1 aromatic rings. The van der Waals surface area contributed by atoms with Gasteiger partial charge in [0.1, 0.15) is 15.2 Å². The highest BCUT2D eigenvalue weighted by Gasteiger charge is 2.18. The minimum Gasteiger partial charge on any atom is -0.386 e. The molecule has 12 heavy (non-hydrogen) atoms. The third-order valence-electron chi connectivity index (χ3n) is 1.48. The minimum absolute atomic E-state index is 0.590. The zero-order valence-corrected chi connectivity index (χ0v) is 8.54. The van der Waals surface area contributed by atoms with Crippen molar-refractivity contribution in [2.24, 2.45) is 5.14 Å². The van der Waals surface area contributed by atoms with Gasteiger partial charge < -0.3 is 5.11 Å². The van der Waals surface area contributed by atoms with Crippen LogP contribution in [0.5, 0.6) is 0 Å². The van der Waals surface area contributed by atoms with Crippen LogP contribution in [0.2, 0.25) is 0 Å². The predicted molar refractivity (Wildman–Crippen MR) is 50.2 cm³/mol. The van der Waals surface area contributed by atoms with E-state index in [4.69, 9.17) is 5.14 Å². The smallest absolute Gasteiger partial charge is 0.132 e. The first-order valence-electron chi connectivity index (χ1n) is 3.39. The Bertz CT molecular complexity index is 301. The van der Waals surface area contributed by atoms with E-state index >= 15 is 0 Å². The van der Waals surface area contributed by atoms with E-state index in [0.29, 0.717) is 4.21 Å². The van der Waals surface area contributed by atoms with Crippen LogP contribution in [0.4, 0.5) is 0 Å². The molecule has 1 atom stereocenters. The Morgan fingerprint density at radius 2 is 2.25 bits per heavy atom. The highest BCUT2D eigenvalue weighted by Crippen LogP contribution is 2.26. The third kappa shape index (κ3) is 2.13. The Kier molecular flexibility index (Phi) is 2.67. The molecule has 0 saturated carbocycles. The second-order valence-electron chi connectivity index (χ2n) is 3.01. The molecule has 0 amide bonds. The first-order chi connectivity index (χ1) is 5.41. The van der Waals surface area contributed by atoms with Crippen molar-refractivity contribution in [2.75, 3.05) is 0 Å². The van der Waals surface area contributed by atoms with E-state index in [-0.39, 0.29) is 0 Å². The van der Waals surface area contributed by atoms with Crippen LogP contribution in [-0.2, 0) is 16.6 Å². The summed E-state index contributed by atoms with van der Waals surface area (Å²) in [5, 5.41) is 16.5. The molecule has 0 aliphatic rings. The van der Waals surface area contributed by atoms with Gasteiger partial charge in [0.25, 0.3) is 0 Å².